The predicted octanol–water partition coefficient (Wildman–Crippen LogP) is 5.04. The van der Waals surface area contributed by atoms with Crippen LogP contribution in [-0.2, 0) is 22.4 Å². The minimum absolute atomic E-state index is 0.0389. The van der Waals surface area contributed by atoms with Gasteiger partial charge in [0, 0.05) is 24.4 Å². The van der Waals surface area contributed by atoms with E-state index in [-0.39, 0.29) is 31.0 Å². The molecule has 1 heterocycles. The summed E-state index contributed by atoms with van der Waals surface area (Å²) in [6.07, 6.45) is -1.69. The van der Waals surface area contributed by atoms with Crippen LogP contribution in [0.15, 0.2) is 53.7 Å². The highest BCUT2D eigenvalue weighted by molar-refractivity contribution is 6.03. The van der Waals surface area contributed by atoms with Crippen LogP contribution in [0.5, 0.6) is 5.75 Å². The third-order valence-electron chi connectivity index (χ3n) is 5.97. The van der Waals surface area contributed by atoms with Crippen LogP contribution in [-0.4, -0.2) is 36.3 Å². The molecule has 2 aromatic rings. The van der Waals surface area contributed by atoms with Gasteiger partial charge in [-0.05, 0) is 42.7 Å². The van der Waals surface area contributed by atoms with Gasteiger partial charge in [-0.15, -0.1) is 0 Å². The van der Waals surface area contributed by atoms with Crippen molar-refractivity contribution in [2.45, 2.75) is 44.5 Å². The Morgan fingerprint density at radius 2 is 1.97 bits per heavy atom. The largest absolute Gasteiger partial charge is 0.496 e. The molecule has 1 atom stereocenters. The van der Waals surface area contributed by atoms with Crippen LogP contribution in [0.4, 0.5) is 13.2 Å². The first kappa shape index (κ1) is 22.2. The molecule has 1 amide bonds. The van der Waals surface area contributed by atoms with Gasteiger partial charge in [0.1, 0.15) is 5.75 Å². The maximum Gasteiger partial charge on any atom is 0.416 e. The van der Waals surface area contributed by atoms with Gasteiger partial charge < -0.3 is 14.5 Å². The van der Waals surface area contributed by atoms with Crippen LogP contribution in [0.3, 0.4) is 0 Å². The van der Waals surface area contributed by atoms with Crippen molar-refractivity contribution >= 4 is 11.6 Å². The van der Waals surface area contributed by atoms with E-state index in [0.29, 0.717) is 17.7 Å². The van der Waals surface area contributed by atoms with Crippen molar-refractivity contribution in [1.29, 1.82) is 0 Å². The quantitative estimate of drug-likeness (QED) is 0.599. The first-order valence-corrected chi connectivity index (χ1v) is 10.7. The number of hydrogen-bond acceptors (Lipinski definition) is 4. The lowest BCUT2D eigenvalue weighted by molar-refractivity contribution is -0.140. The number of carbonyl (C=O) groups is 1. The summed E-state index contributed by atoms with van der Waals surface area (Å²) >= 11 is 0. The fraction of sp³-hybridized carbons (Fsp3) is 0.417. The number of ether oxygens (including phenoxy) is 1. The fourth-order valence-corrected chi connectivity index (χ4v) is 4.03. The minimum Gasteiger partial charge on any atom is -0.496 e. The van der Waals surface area contributed by atoms with Crippen LogP contribution in [0.25, 0.3) is 0 Å². The second-order valence-electron chi connectivity index (χ2n) is 8.21. The average molecular weight is 446 g/mol. The van der Waals surface area contributed by atoms with E-state index in [0.717, 1.165) is 42.7 Å². The van der Waals surface area contributed by atoms with Gasteiger partial charge in [-0.1, -0.05) is 35.8 Å². The summed E-state index contributed by atoms with van der Waals surface area (Å²) < 4.78 is 44.8. The summed E-state index contributed by atoms with van der Waals surface area (Å²) in [4.78, 5) is 20.3. The third kappa shape index (κ3) is 4.89. The van der Waals surface area contributed by atoms with Crippen LogP contribution in [0.2, 0.25) is 0 Å². The number of nitrogens with zero attached hydrogens (tertiary/aromatic N) is 2. The van der Waals surface area contributed by atoms with Crippen molar-refractivity contribution in [2.75, 3.05) is 13.7 Å². The maximum absolute atomic E-state index is 13.1. The standard InChI is InChI=1S/C24H25F3N2O3/c1-31-22-11-3-2-10-20(22)21-13-19(32-28-21)15-29(23(30)17-7-5-8-17)14-16-6-4-9-18(12-16)24(25,26)27/h2-4,6,9-12,17,19H,5,7-8,13-15H2,1H3/t19-/m1/s1. The second-order valence-corrected chi connectivity index (χ2v) is 8.21. The summed E-state index contributed by atoms with van der Waals surface area (Å²) in [7, 11) is 1.58. The lowest BCUT2D eigenvalue weighted by atomic mass is 9.84. The number of alkyl halides is 3. The Bertz CT molecular complexity index is 1000. The van der Waals surface area contributed by atoms with E-state index in [4.69, 9.17) is 9.57 Å². The highest BCUT2D eigenvalue weighted by Crippen LogP contribution is 2.32. The molecule has 0 unspecified atom stereocenters. The molecule has 32 heavy (non-hydrogen) atoms. The van der Waals surface area contributed by atoms with Gasteiger partial charge in [0.15, 0.2) is 6.10 Å². The molecule has 0 radical (unpaired) electrons. The Morgan fingerprint density at radius 1 is 1.19 bits per heavy atom. The predicted molar refractivity (Wildman–Crippen MR) is 113 cm³/mol. The number of oxime groups is 1. The van der Waals surface area contributed by atoms with Gasteiger partial charge >= 0.3 is 6.18 Å². The normalized spacial score (nSPS) is 18.5. The van der Waals surface area contributed by atoms with Crippen molar-refractivity contribution in [3.05, 3.63) is 65.2 Å². The Balaban J connectivity index is 1.48. The second kappa shape index (κ2) is 9.22. The summed E-state index contributed by atoms with van der Waals surface area (Å²) in [5.74, 6) is 0.571. The number of benzene rings is 2. The number of rotatable bonds is 7. The number of carbonyl (C=O) groups excluding carboxylic acids is 1. The number of methoxy groups -OCH3 is 1. The van der Waals surface area contributed by atoms with E-state index in [9.17, 15) is 18.0 Å². The molecule has 0 bridgehead atoms. The SMILES string of the molecule is COc1ccccc1C1=NO[C@@H](CN(Cc2cccc(C(F)(F)F)c2)C(=O)C2CCC2)C1. The van der Waals surface area contributed by atoms with Crippen molar-refractivity contribution < 1.29 is 27.5 Å². The molecule has 5 nitrogen and oxygen atoms in total. The molecular formula is C24H25F3N2O3. The first-order valence-electron chi connectivity index (χ1n) is 10.7. The molecule has 4 rings (SSSR count). The van der Waals surface area contributed by atoms with Gasteiger partial charge in [0.25, 0.3) is 0 Å². The van der Waals surface area contributed by atoms with Gasteiger partial charge in [-0.2, -0.15) is 13.2 Å². The molecule has 1 saturated carbocycles. The van der Waals surface area contributed by atoms with E-state index < -0.39 is 11.7 Å². The Morgan fingerprint density at radius 3 is 2.66 bits per heavy atom. The summed E-state index contributed by atoms with van der Waals surface area (Å²) in [5.41, 5.74) is 1.27. The molecular weight excluding hydrogens is 421 g/mol. The van der Waals surface area contributed by atoms with Crippen LogP contribution in [0, 0.1) is 5.92 Å². The molecule has 170 valence electrons. The number of hydrogen-bond donors (Lipinski definition) is 0. The zero-order valence-corrected chi connectivity index (χ0v) is 17.8. The lowest BCUT2D eigenvalue weighted by Crippen LogP contribution is -2.42. The maximum atomic E-state index is 13.1. The molecule has 2 aromatic carbocycles. The van der Waals surface area contributed by atoms with Crippen LogP contribution in [0.1, 0.15) is 42.4 Å². The van der Waals surface area contributed by atoms with Crippen molar-refractivity contribution in [1.82, 2.24) is 4.90 Å². The molecule has 0 N–H and O–H groups in total. The van der Waals surface area contributed by atoms with Crippen LogP contribution < -0.4 is 4.74 Å². The van der Waals surface area contributed by atoms with E-state index in [1.54, 1.807) is 18.1 Å². The van der Waals surface area contributed by atoms with Gasteiger partial charge in [0.2, 0.25) is 5.91 Å². The average Bonchev–Trinajstić information content (AvgIpc) is 3.20. The van der Waals surface area contributed by atoms with E-state index in [1.807, 2.05) is 24.3 Å². The molecule has 2 aliphatic rings. The van der Waals surface area contributed by atoms with E-state index >= 15 is 0 Å². The monoisotopic (exact) mass is 446 g/mol. The highest BCUT2D eigenvalue weighted by atomic mass is 19.4. The number of halogens is 3. The minimum atomic E-state index is -4.43. The van der Waals surface area contributed by atoms with Crippen molar-refractivity contribution in [3.8, 4) is 5.75 Å². The number of para-hydroxylation sites is 1. The zero-order chi connectivity index (χ0) is 22.7. The molecule has 0 aromatic heterocycles. The lowest BCUT2D eigenvalue weighted by Gasteiger charge is -2.32. The van der Waals surface area contributed by atoms with Crippen molar-refractivity contribution in [3.63, 3.8) is 0 Å². The van der Waals surface area contributed by atoms with Gasteiger partial charge in [-0.3, -0.25) is 4.79 Å². The number of amides is 1. The third-order valence-corrected chi connectivity index (χ3v) is 5.97. The molecule has 1 aliphatic carbocycles. The van der Waals surface area contributed by atoms with E-state index in [1.165, 1.54) is 6.07 Å². The molecule has 0 saturated heterocycles. The zero-order valence-electron chi connectivity index (χ0n) is 17.8. The summed E-state index contributed by atoms with van der Waals surface area (Å²) in [5, 5.41) is 4.19. The molecule has 1 aliphatic heterocycles. The Hall–Kier alpha value is -3.03. The summed E-state index contributed by atoms with van der Waals surface area (Å²) in [6, 6.07) is 12.6. The topological polar surface area (TPSA) is 51.1 Å². The highest BCUT2D eigenvalue weighted by Gasteiger charge is 2.34. The van der Waals surface area contributed by atoms with Gasteiger partial charge in [0.05, 0.1) is 24.9 Å². The smallest absolute Gasteiger partial charge is 0.416 e. The molecule has 0 spiro atoms. The Labute approximate surface area is 184 Å². The Kier molecular flexibility index (Phi) is 6.39. The fourth-order valence-electron chi connectivity index (χ4n) is 4.03. The van der Waals surface area contributed by atoms with Crippen molar-refractivity contribution in [2.24, 2.45) is 11.1 Å². The van der Waals surface area contributed by atoms with Crippen LogP contribution >= 0.6 is 0 Å². The van der Waals surface area contributed by atoms with E-state index in [2.05, 4.69) is 5.16 Å². The van der Waals surface area contributed by atoms with Gasteiger partial charge in [-0.25, -0.2) is 0 Å². The molecule has 1 fully saturated rings. The summed E-state index contributed by atoms with van der Waals surface area (Å²) in [6.45, 7) is 0.358. The molecule has 8 heteroatoms. The first-order chi connectivity index (χ1) is 15.3.